The van der Waals surface area contributed by atoms with Crippen molar-refractivity contribution in [3.05, 3.63) is 77.1 Å². The molecule has 1 amide bonds. The fraction of sp³-hybridized carbons (Fsp3) is 0.0769. The van der Waals surface area contributed by atoms with Crippen LogP contribution in [0.1, 0.15) is 10.4 Å². The first-order chi connectivity index (χ1) is 17.0. The highest BCUT2D eigenvalue weighted by Crippen LogP contribution is 2.35. The molecule has 0 aliphatic heterocycles. The van der Waals surface area contributed by atoms with Gasteiger partial charge in [0.2, 0.25) is 5.89 Å². The number of hydrogen-bond donors (Lipinski definition) is 0. The molecule has 0 saturated carbocycles. The normalized spacial score (nSPS) is 10.8. The van der Waals surface area contributed by atoms with Gasteiger partial charge in [0.05, 0.1) is 11.9 Å². The Kier molecular flexibility index (Phi) is 5.99. The fourth-order valence-corrected chi connectivity index (χ4v) is 4.25. The van der Waals surface area contributed by atoms with E-state index in [4.69, 9.17) is 4.42 Å². The van der Waals surface area contributed by atoms with Crippen LogP contribution in [0.25, 0.3) is 45.4 Å². The lowest BCUT2D eigenvalue weighted by molar-refractivity contribution is 0.0827. The first kappa shape index (κ1) is 22.3. The van der Waals surface area contributed by atoms with Crippen LogP contribution in [0.15, 0.2) is 81.0 Å². The largest absolute Gasteiger partial charge is 0.414 e. The second-order valence-electron chi connectivity index (χ2n) is 7.83. The van der Waals surface area contributed by atoms with Gasteiger partial charge in [-0.1, -0.05) is 30.3 Å². The summed E-state index contributed by atoms with van der Waals surface area (Å²) in [6.45, 7) is 3.60. The van der Waals surface area contributed by atoms with Crippen LogP contribution >= 0.6 is 11.3 Å². The Bertz CT molecular complexity index is 1510. The summed E-state index contributed by atoms with van der Waals surface area (Å²) in [5.74, 6) is 0.775. The lowest BCUT2D eigenvalue weighted by Crippen LogP contribution is -2.21. The van der Waals surface area contributed by atoms with E-state index in [1.165, 1.54) is 4.90 Å². The third-order valence-corrected chi connectivity index (χ3v) is 6.04. The number of carbonyl (C=O) groups excluding carboxylic acids is 1. The van der Waals surface area contributed by atoms with E-state index in [9.17, 15) is 4.79 Å². The van der Waals surface area contributed by atoms with Crippen LogP contribution in [-0.4, -0.2) is 51.8 Å². The average Bonchev–Trinajstić information content (AvgIpc) is 3.61. The van der Waals surface area contributed by atoms with Gasteiger partial charge in [-0.3, -0.25) is 4.79 Å². The summed E-state index contributed by atoms with van der Waals surface area (Å²) >= 11 is 1.62. The van der Waals surface area contributed by atoms with Crippen LogP contribution < -0.4 is 0 Å². The van der Waals surface area contributed by atoms with Crippen molar-refractivity contribution in [2.75, 3.05) is 14.1 Å². The average molecular weight is 481 g/mol. The minimum atomic E-state index is -0.0735. The first-order valence-corrected chi connectivity index (χ1v) is 11.6. The van der Waals surface area contributed by atoms with Crippen molar-refractivity contribution < 1.29 is 9.21 Å². The summed E-state index contributed by atoms with van der Waals surface area (Å²) < 4.78 is 6.05. The molecular formula is C26H20N6O2S. The molecule has 3 aromatic heterocycles. The molecule has 0 aliphatic carbocycles. The van der Waals surface area contributed by atoms with E-state index in [-0.39, 0.29) is 17.6 Å². The fourth-order valence-electron chi connectivity index (χ4n) is 3.59. The molecule has 3 heterocycles. The third-order valence-electron chi connectivity index (χ3n) is 5.35. The Morgan fingerprint density at radius 3 is 2.40 bits per heavy atom. The molecule has 0 atom stereocenters. The molecular weight excluding hydrogens is 460 g/mol. The summed E-state index contributed by atoms with van der Waals surface area (Å²) in [4.78, 5) is 26.8. The molecule has 9 heteroatoms. The maximum absolute atomic E-state index is 12.2. The zero-order valence-corrected chi connectivity index (χ0v) is 19.9. The number of aromatic nitrogens is 4. The number of aliphatic imine (C=N–C) groups is 1. The summed E-state index contributed by atoms with van der Waals surface area (Å²) in [6.07, 6.45) is 1.60. The number of hydrogen-bond acceptors (Lipinski definition) is 8. The highest BCUT2D eigenvalue weighted by Gasteiger charge is 2.20. The molecule has 0 bridgehead atoms. The molecule has 2 aromatic carbocycles. The molecule has 0 saturated heterocycles. The number of benzene rings is 2. The van der Waals surface area contributed by atoms with E-state index in [0.29, 0.717) is 22.8 Å². The van der Waals surface area contributed by atoms with Gasteiger partial charge >= 0.3 is 0 Å². The van der Waals surface area contributed by atoms with Crippen LogP contribution in [0.4, 0.5) is 5.82 Å². The molecule has 8 nitrogen and oxygen atoms in total. The Labute approximate surface area is 205 Å². The molecule has 5 aromatic rings. The number of amides is 1. The number of nitrogens with zero attached hydrogens (tertiary/aromatic N) is 6. The molecule has 35 heavy (non-hydrogen) atoms. The van der Waals surface area contributed by atoms with Crippen molar-refractivity contribution in [3.8, 4) is 45.4 Å². The second-order valence-corrected chi connectivity index (χ2v) is 8.61. The predicted octanol–water partition coefficient (Wildman–Crippen LogP) is 5.62. The van der Waals surface area contributed by atoms with Gasteiger partial charge in [-0.05, 0) is 52.9 Å². The molecule has 0 fully saturated rings. The van der Waals surface area contributed by atoms with Crippen LogP contribution in [-0.2, 0) is 0 Å². The van der Waals surface area contributed by atoms with Crippen LogP contribution in [0.2, 0.25) is 0 Å². The van der Waals surface area contributed by atoms with Gasteiger partial charge in [-0.2, -0.15) is 11.3 Å². The van der Waals surface area contributed by atoms with Gasteiger partial charge in [0.25, 0.3) is 11.8 Å². The molecule has 0 spiro atoms. The Morgan fingerprint density at radius 1 is 0.971 bits per heavy atom. The van der Waals surface area contributed by atoms with E-state index in [0.717, 1.165) is 22.3 Å². The van der Waals surface area contributed by atoms with Crippen molar-refractivity contribution in [3.63, 3.8) is 0 Å². The van der Waals surface area contributed by atoms with E-state index >= 15 is 0 Å². The van der Waals surface area contributed by atoms with Gasteiger partial charge < -0.3 is 9.32 Å². The lowest BCUT2D eigenvalue weighted by Gasteiger charge is -2.10. The van der Waals surface area contributed by atoms with Crippen molar-refractivity contribution in [1.82, 2.24) is 25.1 Å². The van der Waals surface area contributed by atoms with E-state index in [1.54, 1.807) is 43.8 Å². The van der Waals surface area contributed by atoms with Gasteiger partial charge in [-0.15, -0.1) is 10.2 Å². The molecule has 0 radical (unpaired) electrons. The number of rotatable bonds is 6. The van der Waals surface area contributed by atoms with E-state index in [1.807, 2.05) is 47.8 Å². The highest BCUT2D eigenvalue weighted by atomic mass is 32.1. The predicted molar refractivity (Wildman–Crippen MR) is 137 cm³/mol. The van der Waals surface area contributed by atoms with Crippen molar-refractivity contribution >= 4 is 29.8 Å². The maximum Gasteiger partial charge on any atom is 0.270 e. The molecule has 0 aliphatic rings. The van der Waals surface area contributed by atoms with Gasteiger partial charge in [-0.25, -0.2) is 15.0 Å². The summed E-state index contributed by atoms with van der Waals surface area (Å²) in [5, 5.41) is 12.6. The van der Waals surface area contributed by atoms with Gasteiger partial charge in [0.1, 0.15) is 0 Å². The number of carbonyl (C=O) groups is 1. The smallest absolute Gasteiger partial charge is 0.270 e. The van der Waals surface area contributed by atoms with Crippen LogP contribution in [0.5, 0.6) is 0 Å². The highest BCUT2D eigenvalue weighted by molar-refractivity contribution is 7.08. The maximum atomic E-state index is 12.2. The Balaban J connectivity index is 1.52. The standard InChI is InChI=1S/C26H20N6O2S/c1-27-23-22(29-21(14-28-23)16-8-10-17(11-9-16)26(33)32(2)3)25-31-30-24(34-25)20-7-5-4-6-19(20)18-12-13-35-15-18/h4-15H,1H2,2-3H3. The monoisotopic (exact) mass is 480 g/mol. The third kappa shape index (κ3) is 4.36. The summed E-state index contributed by atoms with van der Waals surface area (Å²) in [6, 6.07) is 17.1. The van der Waals surface area contributed by atoms with Crippen molar-refractivity contribution in [1.29, 1.82) is 0 Å². The number of thiophene rings is 1. The quantitative estimate of drug-likeness (QED) is 0.293. The van der Waals surface area contributed by atoms with Gasteiger partial charge in [0.15, 0.2) is 11.5 Å². The van der Waals surface area contributed by atoms with Crippen LogP contribution in [0, 0.1) is 0 Å². The Morgan fingerprint density at radius 2 is 1.71 bits per heavy atom. The van der Waals surface area contributed by atoms with E-state index < -0.39 is 0 Å². The zero-order valence-electron chi connectivity index (χ0n) is 19.0. The SMILES string of the molecule is C=Nc1ncc(-c2ccc(C(=O)N(C)C)cc2)nc1-c1nnc(-c2ccccc2-c2ccsc2)o1. The molecule has 5 rings (SSSR count). The zero-order chi connectivity index (χ0) is 24.4. The van der Waals surface area contributed by atoms with Crippen molar-refractivity contribution in [2.45, 2.75) is 0 Å². The minimum Gasteiger partial charge on any atom is -0.414 e. The van der Waals surface area contributed by atoms with Crippen molar-refractivity contribution in [2.24, 2.45) is 4.99 Å². The summed E-state index contributed by atoms with van der Waals surface area (Å²) in [7, 11) is 3.43. The lowest BCUT2D eigenvalue weighted by atomic mass is 10.0. The summed E-state index contributed by atoms with van der Waals surface area (Å²) in [5.41, 5.74) is 5.18. The minimum absolute atomic E-state index is 0.0735. The molecule has 172 valence electrons. The van der Waals surface area contributed by atoms with Crippen LogP contribution in [0.3, 0.4) is 0 Å². The Hall–Kier alpha value is -4.50. The van der Waals surface area contributed by atoms with E-state index in [2.05, 4.69) is 37.3 Å². The topological polar surface area (TPSA) is 97.4 Å². The second kappa shape index (κ2) is 9.40. The molecule has 0 N–H and O–H groups in total. The van der Waals surface area contributed by atoms with Gasteiger partial charge in [0, 0.05) is 30.8 Å². The first-order valence-electron chi connectivity index (χ1n) is 10.7. The molecule has 0 unspecified atom stereocenters.